The van der Waals surface area contributed by atoms with Crippen molar-refractivity contribution >= 4 is 45.6 Å². The summed E-state index contributed by atoms with van der Waals surface area (Å²) in [7, 11) is 2.59. The average molecular weight is 424 g/mol. The zero-order valence-electron chi connectivity index (χ0n) is 16.7. The topological polar surface area (TPSA) is 35.6 Å². The van der Waals surface area contributed by atoms with E-state index in [4.69, 9.17) is 0 Å². The fraction of sp³-hybridized carbons (Fsp3) is 0.500. The Balaban J connectivity index is 1.73. The van der Waals surface area contributed by atoms with E-state index >= 15 is 0 Å². The Hall–Kier alpha value is -1.02. The number of hydrogen-bond donors (Lipinski definition) is 1. The Labute approximate surface area is 174 Å². The summed E-state index contributed by atoms with van der Waals surface area (Å²) in [4.78, 5) is 2.52. The van der Waals surface area contributed by atoms with Gasteiger partial charge in [0.2, 0.25) is 0 Å². The molecule has 0 spiro atoms. The Morgan fingerprint density at radius 3 is 2.56 bits per heavy atom. The predicted octanol–water partition coefficient (Wildman–Crippen LogP) is 5.39. The second-order valence-corrected chi connectivity index (χ2v) is 12.1. The van der Waals surface area contributed by atoms with Crippen LogP contribution in [0.25, 0.3) is 0 Å². The molecule has 0 radical (unpaired) electrons. The molecule has 1 saturated heterocycles. The van der Waals surface area contributed by atoms with Crippen LogP contribution in [0.1, 0.15) is 32.3 Å². The Bertz CT molecular complexity index is 807. The van der Waals surface area contributed by atoms with Gasteiger partial charge in [-0.3, -0.25) is 0 Å². The van der Waals surface area contributed by atoms with Gasteiger partial charge in [0.1, 0.15) is 15.2 Å². The molecule has 0 saturated carbocycles. The molecule has 2 aromatic rings. The lowest BCUT2D eigenvalue weighted by Crippen LogP contribution is -2.37. The van der Waals surface area contributed by atoms with Gasteiger partial charge in [0.25, 0.3) is 0 Å². The maximum Gasteiger partial charge on any atom is 0.137 e. The first-order valence-corrected chi connectivity index (χ1v) is 12.0. The van der Waals surface area contributed by atoms with Crippen molar-refractivity contribution in [1.82, 2.24) is 4.31 Å². The Morgan fingerprint density at radius 2 is 1.89 bits per heavy atom. The van der Waals surface area contributed by atoms with Gasteiger partial charge >= 0.3 is 0 Å². The first kappa shape index (κ1) is 20.7. The quantitative estimate of drug-likeness (QED) is 0.632. The largest absolute Gasteiger partial charge is 0.370 e. The molecular formula is C20H29N3OS3. The minimum atomic E-state index is -1.08. The van der Waals surface area contributed by atoms with Crippen LogP contribution in [0.3, 0.4) is 0 Å². The van der Waals surface area contributed by atoms with Gasteiger partial charge in [-0.1, -0.05) is 26.0 Å². The van der Waals surface area contributed by atoms with Crippen molar-refractivity contribution in [3.8, 4) is 0 Å². The first-order valence-electron chi connectivity index (χ1n) is 9.23. The second kappa shape index (κ2) is 8.55. The van der Waals surface area contributed by atoms with Gasteiger partial charge in [0.05, 0.1) is 15.6 Å². The lowest BCUT2D eigenvalue weighted by molar-refractivity contribution is 0.280. The van der Waals surface area contributed by atoms with Crippen LogP contribution >= 0.6 is 23.3 Å². The van der Waals surface area contributed by atoms with Gasteiger partial charge in [0.15, 0.2) is 0 Å². The maximum atomic E-state index is 12.2. The molecule has 148 valence electrons. The van der Waals surface area contributed by atoms with Crippen LogP contribution in [0.15, 0.2) is 38.8 Å². The van der Waals surface area contributed by atoms with Gasteiger partial charge < -0.3 is 9.62 Å². The normalized spacial score (nSPS) is 17.9. The number of aryl methyl sites for hydroxylation is 1. The fourth-order valence-electron chi connectivity index (χ4n) is 3.23. The maximum absolute atomic E-state index is 12.2. The summed E-state index contributed by atoms with van der Waals surface area (Å²) >= 11 is 3.18. The van der Waals surface area contributed by atoms with E-state index in [9.17, 15) is 4.21 Å². The lowest BCUT2D eigenvalue weighted by Gasteiger charge is -2.39. The minimum absolute atomic E-state index is 0.441. The van der Waals surface area contributed by atoms with E-state index in [-0.39, 0.29) is 0 Å². The number of rotatable bonds is 6. The van der Waals surface area contributed by atoms with Gasteiger partial charge in [-0.15, -0.1) is 11.3 Å². The summed E-state index contributed by atoms with van der Waals surface area (Å²) in [5.41, 5.74) is 4.22. The molecule has 0 aliphatic carbocycles. The summed E-state index contributed by atoms with van der Waals surface area (Å²) in [6, 6.07) is 10.4. The van der Waals surface area contributed by atoms with Crippen molar-refractivity contribution in [3.05, 3.63) is 35.9 Å². The first-order chi connectivity index (χ1) is 12.8. The third-order valence-corrected chi connectivity index (χ3v) is 8.65. The molecule has 4 nitrogen and oxygen atoms in total. The number of hydrogen-bond acceptors (Lipinski definition) is 5. The van der Waals surface area contributed by atoms with E-state index in [1.165, 1.54) is 24.1 Å². The third kappa shape index (κ3) is 5.08. The van der Waals surface area contributed by atoms with Crippen molar-refractivity contribution < 1.29 is 4.21 Å². The number of para-hydroxylation sites is 1. The average Bonchev–Trinajstić information content (AvgIpc) is 3.09. The van der Waals surface area contributed by atoms with Gasteiger partial charge in [-0.05, 0) is 75.0 Å². The van der Waals surface area contributed by atoms with E-state index in [0.29, 0.717) is 5.41 Å². The summed E-state index contributed by atoms with van der Waals surface area (Å²) < 4.78 is 19.5. The number of piperidine rings is 1. The molecule has 0 amide bonds. The number of nitrogens with zero attached hydrogens (tertiary/aromatic N) is 2. The van der Waals surface area contributed by atoms with Gasteiger partial charge in [-0.2, -0.15) is 0 Å². The lowest BCUT2D eigenvalue weighted by atomic mass is 9.82. The summed E-state index contributed by atoms with van der Waals surface area (Å²) in [6.45, 7) is 9.12. The molecule has 27 heavy (non-hydrogen) atoms. The number of thiophene rings is 1. The monoisotopic (exact) mass is 423 g/mol. The molecule has 2 heterocycles. The van der Waals surface area contributed by atoms with Crippen LogP contribution in [0.4, 0.5) is 11.4 Å². The molecule has 0 bridgehead atoms. The van der Waals surface area contributed by atoms with Crippen LogP contribution in [-0.4, -0.2) is 35.7 Å². The van der Waals surface area contributed by atoms with E-state index in [0.717, 1.165) is 27.2 Å². The molecule has 3 rings (SSSR count). The SMILES string of the molecule is Cc1cccc(NSc2ccc(S(=O)N(C)C)s2)c1N1CCC(C)(C)CC1. The Morgan fingerprint density at radius 1 is 1.19 bits per heavy atom. The molecule has 1 aliphatic heterocycles. The summed E-state index contributed by atoms with van der Waals surface area (Å²) in [6.07, 6.45) is 2.44. The van der Waals surface area contributed by atoms with Crippen molar-refractivity contribution in [2.45, 2.75) is 42.0 Å². The molecule has 1 aliphatic rings. The van der Waals surface area contributed by atoms with E-state index < -0.39 is 11.0 Å². The Kier molecular flexibility index (Phi) is 6.56. The second-order valence-electron chi connectivity index (χ2n) is 7.96. The predicted molar refractivity (Wildman–Crippen MR) is 120 cm³/mol. The van der Waals surface area contributed by atoms with Gasteiger partial charge in [-0.25, -0.2) is 8.51 Å². The van der Waals surface area contributed by atoms with Crippen molar-refractivity contribution in [2.75, 3.05) is 36.8 Å². The van der Waals surface area contributed by atoms with Gasteiger partial charge in [0, 0.05) is 13.1 Å². The highest BCUT2D eigenvalue weighted by molar-refractivity contribution is 8.02. The van der Waals surface area contributed by atoms with E-state index in [2.05, 4.69) is 48.6 Å². The van der Waals surface area contributed by atoms with Crippen LogP contribution in [0, 0.1) is 12.3 Å². The van der Waals surface area contributed by atoms with Crippen molar-refractivity contribution in [2.24, 2.45) is 5.41 Å². The van der Waals surface area contributed by atoms with E-state index in [1.807, 2.05) is 26.2 Å². The molecule has 1 fully saturated rings. The highest BCUT2D eigenvalue weighted by Crippen LogP contribution is 2.39. The molecule has 1 aromatic heterocycles. The molecule has 1 atom stereocenters. The van der Waals surface area contributed by atoms with Crippen LogP contribution < -0.4 is 9.62 Å². The third-order valence-electron chi connectivity index (χ3n) is 4.99. The highest BCUT2D eigenvalue weighted by Gasteiger charge is 2.27. The highest BCUT2D eigenvalue weighted by atomic mass is 32.2. The minimum Gasteiger partial charge on any atom is -0.370 e. The summed E-state index contributed by atoms with van der Waals surface area (Å²) in [5, 5.41) is 0. The zero-order chi connectivity index (χ0) is 19.6. The van der Waals surface area contributed by atoms with E-state index in [1.54, 1.807) is 27.6 Å². The zero-order valence-corrected chi connectivity index (χ0v) is 19.2. The van der Waals surface area contributed by atoms with Crippen LogP contribution in [-0.2, 0) is 11.0 Å². The van der Waals surface area contributed by atoms with Crippen LogP contribution in [0.5, 0.6) is 0 Å². The molecule has 7 heteroatoms. The van der Waals surface area contributed by atoms with Crippen molar-refractivity contribution in [1.29, 1.82) is 0 Å². The number of nitrogens with one attached hydrogen (secondary N) is 1. The molecule has 1 unspecified atom stereocenters. The number of anilines is 2. The molecule has 1 aromatic carbocycles. The smallest absolute Gasteiger partial charge is 0.137 e. The van der Waals surface area contributed by atoms with Crippen molar-refractivity contribution in [3.63, 3.8) is 0 Å². The standard InChI is InChI=1S/C20H29N3OS3/c1-15-7-6-8-16(19(15)23-13-11-20(2,3)12-14-23)21-26-17-9-10-18(25-17)27(24)22(4)5/h6-10,21H,11-14H2,1-5H3. The summed E-state index contributed by atoms with van der Waals surface area (Å²) in [5.74, 6) is 0. The van der Waals surface area contributed by atoms with Crippen LogP contribution in [0.2, 0.25) is 0 Å². The fourth-order valence-corrected chi connectivity index (χ4v) is 6.48. The molecule has 1 N–H and O–H groups in total. The molecular weight excluding hydrogens is 394 g/mol. The number of benzene rings is 1.